The third kappa shape index (κ3) is 2.15. The number of amides is 1. The Morgan fingerprint density at radius 3 is 1.71 bits per heavy atom. The molecule has 21 heavy (non-hydrogen) atoms. The number of hydrogen-bond donors (Lipinski definition) is 1. The maximum absolute atomic E-state index is 12.8. The molecule has 1 aliphatic carbocycles. The number of aliphatic carboxylic acids is 1. The van der Waals surface area contributed by atoms with Crippen LogP contribution in [0.1, 0.15) is 19.3 Å². The summed E-state index contributed by atoms with van der Waals surface area (Å²) in [6.07, 6.45) is -12.5. The molecular weight excluding hydrogens is 308 g/mol. The molecule has 0 atom stereocenters. The molecule has 0 aromatic rings. The highest BCUT2D eigenvalue weighted by Gasteiger charge is 2.74. The van der Waals surface area contributed by atoms with Gasteiger partial charge in [-0.2, -0.15) is 26.3 Å². The van der Waals surface area contributed by atoms with Gasteiger partial charge < -0.3 is 10.0 Å². The normalized spacial score (nSPS) is 24.0. The molecule has 2 rings (SSSR count). The first-order valence-electron chi connectivity index (χ1n) is 6.04. The van der Waals surface area contributed by atoms with E-state index in [4.69, 9.17) is 5.11 Å². The second-order valence-electron chi connectivity index (χ2n) is 5.44. The van der Waals surface area contributed by atoms with Crippen LogP contribution in [0.3, 0.4) is 0 Å². The first kappa shape index (κ1) is 15.9. The van der Waals surface area contributed by atoms with Gasteiger partial charge in [-0.25, -0.2) is 0 Å². The predicted octanol–water partition coefficient (Wildman–Crippen LogP) is 2.19. The zero-order valence-electron chi connectivity index (χ0n) is 10.5. The van der Waals surface area contributed by atoms with E-state index in [-0.39, 0.29) is 12.8 Å². The molecule has 10 heteroatoms. The number of carbonyl (C=O) groups is 2. The summed E-state index contributed by atoms with van der Waals surface area (Å²) in [5.74, 6) is -2.67. The molecule has 0 unspecified atom stereocenters. The first-order valence-corrected chi connectivity index (χ1v) is 6.04. The molecule has 2 aliphatic rings. The standard InChI is InChI=1S/C11H11F6NO3/c12-10(13,14)9(11(15,16)17)3-4-18(5-9)6(19)8(1-2-8)7(20)21/h1-5H2,(H,20,21). The number of carboxylic acid groups (broad SMARTS) is 1. The fourth-order valence-corrected chi connectivity index (χ4v) is 2.55. The Bertz CT molecular complexity index is 465. The van der Waals surface area contributed by atoms with Crippen molar-refractivity contribution in [1.29, 1.82) is 0 Å². The van der Waals surface area contributed by atoms with Gasteiger partial charge in [-0.05, 0) is 19.3 Å². The van der Waals surface area contributed by atoms with E-state index in [2.05, 4.69) is 0 Å². The van der Waals surface area contributed by atoms with E-state index in [1.807, 2.05) is 0 Å². The number of nitrogens with zero attached hydrogens (tertiary/aromatic N) is 1. The molecule has 0 radical (unpaired) electrons. The molecule has 0 spiro atoms. The summed E-state index contributed by atoms with van der Waals surface area (Å²) in [4.78, 5) is 23.2. The zero-order chi connectivity index (χ0) is 16.3. The van der Waals surface area contributed by atoms with E-state index in [9.17, 15) is 35.9 Å². The Morgan fingerprint density at radius 2 is 1.43 bits per heavy atom. The van der Waals surface area contributed by atoms with Gasteiger partial charge in [0.05, 0.1) is 0 Å². The second-order valence-corrected chi connectivity index (χ2v) is 5.44. The van der Waals surface area contributed by atoms with E-state index in [0.29, 0.717) is 4.90 Å². The highest BCUT2D eigenvalue weighted by atomic mass is 19.4. The molecule has 0 bridgehead atoms. The summed E-state index contributed by atoms with van der Waals surface area (Å²) in [7, 11) is 0. The molecule has 4 nitrogen and oxygen atoms in total. The molecular formula is C11H11F6NO3. The molecule has 1 saturated carbocycles. The number of halogens is 6. The predicted molar refractivity (Wildman–Crippen MR) is 55.0 cm³/mol. The smallest absolute Gasteiger partial charge is 0.404 e. The SMILES string of the molecule is O=C(O)C1(C(=O)N2CCC(C(F)(F)F)(C(F)(F)F)C2)CC1. The van der Waals surface area contributed by atoms with Gasteiger partial charge in [0.15, 0.2) is 5.41 Å². The number of hydrogen-bond acceptors (Lipinski definition) is 2. The van der Waals surface area contributed by atoms with Crippen LogP contribution >= 0.6 is 0 Å². The lowest BCUT2D eigenvalue weighted by Gasteiger charge is -2.33. The fourth-order valence-electron chi connectivity index (χ4n) is 2.55. The van der Waals surface area contributed by atoms with E-state index in [1.54, 1.807) is 0 Å². The van der Waals surface area contributed by atoms with Crippen LogP contribution in [0.5, 0.6) is 0 Å². The summed E-state index contributed by atoms with van der Waals surface area (Å²) >= 11 is 0. The highest BCUT2D eigenvalue weighted by Crippen LogP contribution is 2.57. The summed E-state index contributed by atoms with van der Waals surface area (Å²) in [6, 6.07) is 0. The topological polar surface area (TPSA) is 57.6 Å². The van der Waals surface area contributed by atoms with Crippen molar-refractivity contribution in [2.75, 3.05) is 13.1 Å². The molecule has 1 amide bonds. The van der Waals surface area contributed by atoms with Crippen LogP contribution in [0, 0.1) is 10.8 Å². The monoisotopic (exact) mass is 319 g/mol. The van der Waals surface area contributed by atoms with Crippen molar-refractivity contribution in [3.05, 3.63) is 0 Å². The van der Waals surface area contributed by atoms with E-state index < -0.39 is 54.6 Å². The molecule has 0 aromatic heterocycles. The van der Waals surface area contributed by atoms with Gasteiger partial charge in [-0.1, -0.05) is 0 Å². The van der Waals surface area contributed by atoms with Crippen molar-refractivity contribution >= 4 is 11.9 Å². The molecule has 2 fully saturated rings. The average Bonchev–Trinajstić information content (AvgIpc) is 2.97. The van der Waals surface area contributed by atoms with Gasteiger partial charge in [0.25, 0.3) is 0 Å². The fraction of sp³-hybridized carbons (Fsp3) is 0.818. The van der Waals surface area contributed by atoms with Gasteiger partial charge in [0.1, 0.15) is 5.41 Å². The van der Waals surface area contributed by atoms with Crippen LogP contribution in [-0.4, -0.2) is 47.3 Å². The molecule has 1 heterocycles. The van der Waals surface area contributed by atoms with Gasteiger partial charge >= 0.3 is 18.3 Å². The van der Waals surface area contributed by atoms with E-state index in [0.717, 1.165) is 0 Å². The Labute approximate surface area is 114 Å². The largest absolute Gasteiger partial charge is 0.480 e. The summed E-state index contributed by atoms with van der Waals surface area (Å²) in [6.45, 7) is -2.33. The number of alkyl halides is 6. The lowest BCUT2D eigenvalue weighted by atomic mass is 9.85. The molecule has 0 aromatic carbocycles. The van der Waals surface area contributed by atoms with Crippen molar-refractivity contribution in [2.24, 2.45) is 10.8 Å². The maximum atomic E-state index is 12.8. The van der Waals surface area contributed by atoms with Crippen molar-refractivity contribution in [1.82, 2.24) is 4.90 Å². The highest BCUT2D eigenvalue weighted by molar-refractivity contribution is 6.04. The average molecular weight is 319 g/mol. The van der Waals surface area contributed by atoms with Gasteiger partial charge in [-0.15, -0.1) is 0 Å². The Hall–Kier alpha value is -1.48. The minimum atomic E-state index is -5.56. The van der Waals surface area contributed by atoms with Crippen molar-refractivity contribution in [3.63, 3.8) is 0 Å². The Kier molecular flexibility index (Phi) is 3.23. The maximum Gasteiger partial charge on any atom is 0.404 e. The number of rotatable bonds is 2. The minimum absolute atomic E-state index is 0.0668. The van der Waals surface area contributed by atoms with E-state index >= 15 is 0 Å². The van der Waals surface area contributed by atoms with Crippen LogP contribution in [0.25, 0.3) is 0 Å². The molecule has 1 saturated heterocycles. The zero-order valence-corrected chi connectivity index (χ0v) is 10.5. The van der Waals surface area contributed by atoms with Gasteiger partial charge in [-0.3, -0.25) is 9.59 Å². The van der Waals surface area contributed by atoms with Crippen LogP contribution in [0.15, 0.2) is 0 Å². The van der Waals surface area contributed by atoms with Crippen molar-refractivity contribution < 1.29 is 41.0 Å². The second kappa shape index (κ2) is 4.26. The summed E-state index contributed by atoms with van der Waals surface area (Å²) in [5, 5.41) is 8.89. The lowest BCUT2D eigenvalue weighted by Crippen LogP contribution is -2.52. The van der Waals surface area contributed by atoms with Crippen LogP contribution in [-0.2, 0) is 9.59 Å². The van der Waals surface area contributed by atoms with Crippen molar-refractivity contribution in [2.45, 2.75) is 31.6 Å². The quantitative estimate of drug-likeness (QED) is 0.627. The third-order valence-electron chi connectivity index (χ3n) is 4.21. The number of carboxylic acids is 1. The summed E-state index contributed by atoms with van der Waals surface area (Å²) < 4.78 is 77.1. The van der Waals surface area contributed by atoms with Crippen LogP contribution in [0.2, 0.25) is 0 Å². The van der Waals surface area contributed by atoms with E-state index in [1.165, 1.54) is 0 Å². The molecule has 1 aliphatic heterocycles. The number of carbonyl (C=O) groups excluding carboxylic acids is 1. The third-order valence-corrected chi connectivity index (χ3v) is 4.21. The van der Waals surface area contributed by atoms with Crippen molar-refractivity contribution in [3.8, 4) is 0 Å². The number of likely N-dealkylation sites (tertiary alicyclic amines) is 1. The lowest BCUT2D eigenvalue weighted by molar-refractivity contribution is -0.334. The van der Waals surface area contributed by atoms with Gasteiger partial charge in [0, 0.05) is 13.1 Å². The van der Waals surface area contributed by atoms with Gasteiger partial charge in [0.2, 0.25) is 5.91 Å². The van der Waals surface area contributed by atoms with Crippen LogP contribution in [0.4, 0.5) is 26.3 Å². The Morgan fingerprint density at radius 1 is 0.952 bits per heavy atom. The summed E-state index contributed by atoms with van der Waals surface area (Å²) in [5.41, 5.74) is -5.82. The van der Waals surface area contributed by atoms with Crippen LogP contribution < -0.4 is 0 Å². The Balaban J connectivity index is 2.26. The molecule has 120 valence electrons. The molecule has 1 N–H and O–H groups in total. The first-order chi connectivity index (χ1) is 9.37. The minimum Gasteiger partial charge on any atom is -0.480 e.